The number of hydrogen-bond donors (Lipinski definition) is 4. The highest BCUT2D eigenvalue weighted by atomic mass is 16.5. The molecule has 0 aliphatic carbocycles. The molecule has 2 atom stereocenters. The van der Waals surface area contributed by atoms with Crippen LogP contribution in [0, 0.1) is 11.8 Å². The highest BCUT2D eigenvalue weighted by Crippen LogP contribution is 2.29. The predicted octanol–water partition coefficient (Wildman–Crippen LogP) is 2.11. The Kier molecular flexibility index (Phi) is 6.46. The number of phenols is 2. The summed E-state index contributed by atoms with van der Waals surface area (Å²) in [6.07, 6.45) is 1.17. The maximum atomic E-state index is 9.76. The summed E-state index contributed by atoms with van der Waals surface area (Å²) < 4.78 is 5.11. The second kappa shape index (κ2) is 8.57. The standard InChI is InChI=1S/C19H24O5/c1-24-19-10-14(4-7-18(19)23)9-16(12-21)15(11-20)8-13-2-5-17(22)6-3-13/h2-7,10,15-16,20-23H,8-9,11-12H2,1H3. The van der Waals surface area contributed by atoms with Gasteiger partial charge in [0.05, 0.1) is 7.11 Å². The van der Waals surface area contributed by atoms with Crippen LogP contribution in [0.2, 0.25) is 0 Å². The molecule has 0 amide bonds. The zero-order valence-corrected chi connectivity index (χ0v) is 13.7. The average molecular weight is 332 g/mol. The summed E-state index contributed by atoms with van der Waals surface area (Å²) in [7, 11) is 1.49. The molecule has 0 aromatic heterocycles. The number of aromatic hydroxyl groups is 2. The summed E-state index contributed by atoms with van der Waals surface area (Å²) in [5, 5.41) is 38.5. The van der Waals surface area contributed by atoms with Gasteiger partial charge in [-0.05, 0) is 60.1 Å². The first-order chi connectivity index (χ1) is 11.6. The zero-order chi connectivity index (χ0) is 17.5. The van der Waals surface area contributed by atoms with E-state index in [4.69, 9.17) is 4.74 Å². The molecule has 5 nitrogen and oxygen atoms in total. The molecule has 2 rings (SSSR count). The molecular formula is C19H24O5. The van der Waals surface area contributed by atoms with Crippen molar-refractivity contribution in [3.63, 3.8) is 0 Å². The molecule has 0 radical (unpaired) electrons. The molecule has 0 aliphatic heterocycles. The van der Waals surface area contributed by atoms with Crippen molar-refractivity contribution in [2.45, 2.75) is 12.8 Å². The summed E-state index contributed by atoms with van der Waals surface area (Å²) in [6.45, 7) is -0.0895. The SMILES string of the molecule is COc1cc(CC(CO)C(CO)Cc2ccc(O)cc2)ccc1O. The van der Waals surface area contributed by atoms with Gasteiger partial charge in [-0.2, -0.15) is 0 Å². The van der Waals surface area contributed by atoms with E-state index >= 15 is 0 Å². The van der Waals surface area contributed by atoms with Gasteiger partial charge in [-0.3, -0.25) is 0 Å². The van der Waals surface area contributed by atoms with Crippen molar-refractivity contribution < 1.29 is 25.2 Å². The number of ether oxygens (including phenoxy) is 1. The quantitative estimate of drug-likeness (QED) is 0.594. The fraction of sp³-hybridized carbons (Fsp3) is 0.368. The maximum absolute atomic E-state index is 9.76. The molecule has 0 spiro atoms. The molecule has 4 N–H and O–H groups in total. The smallest absolute Gasteiger partial charge is 0.160 e. The van der Waals surface area contributed by atoms with Gasteiger partial charge in [0, 0.05) is 13.2 Å². The Morgan fingerprint density at radius 1 is 0.833 bits per heavy atom. The summed E-state index contributed by atoms with van der Waals surface area (Å²) in [4.78, 5) is 0. The molecule has 0 saturated heterocycles. The van der Waals surface area contributed by atoms with Crippen molar-refractivity contribution in [3.05, 3.63) is 53.6 Å². The molecule has 0 fully saturated rings. The first kappa shape index (κ1) is 18.1. The van der Waals surface area contributed by atoms with Gasteiger partial charge in [0.25, 0.3) is 0 Å². The summed E-state index contributed by atoms with van der Waals surface area (Å²) >= 11 is 0. The Bertz CT molecular complexity index is 639. The monoisotopic (exact) mass is 332 g/mol. The lowest BCUT2D eigenvalue weighted by molar-refractivity contribution is 0.119. The Hall–Kier alpha value is -2.24. The molecule has 2 aromatic rings. The van der Waals surface area contributed by atoms with Crippen molar-refractivity contribution in [3.8, 4) is 17.2 Å². The van der Waals surface area contributed by atoms with E-state index in [-0.39, 0.29) is 36.5 Å². The lowest BCUT2D eigenvalue weighted by Gasteiger charge is -2.24. The second-order valence-electron chi connectivity index (χ2n) is 5.97. The number of rotatable bonds is 8. The molecular weight excluding hydrogens is 308 g/mol. The largest absolute Gasteiger partial charge is 0.508 e. The van der Waals surface area contributed by atoms with Crippen molar-refractivity contribution in [1.82, 2.24) is 0 Å². The highest BCUT2D eigenvalue weighted by Gasteiger charge is 2.21. The fourth-order valence-electron chi connectivity index (χ4n) is 2.85. The molecule has 2 aromatic carbocycles. The van der Waals surface area contributed by atoms with E-state index in [0.29, 0.717) is 18.6 Å². The minimum absolute atomic E-state index is 0.0404. The van der Waals surface area contributed by atoms with Crippen LogP contribution in [-0.4, -0.2) is 40.7 Å². The predicted molar refractivity (Wildman–Crippen MR) is 91.3 cm³/mol. The first-order valence-corrected chi connectivity index (χ1v) is 7.92. The van der Waals surface area contributed by atoms with Crippen molar-refractivity contribution in [2.24, 2.45) is 11.8 Å². The summed E-state index contributed by atoms with van der Waals surface area (Å²) in [5.41, 5.74) is 1.92. The number of aliphatic hydroxyl groups excluding tert-OH is 2. The van der Waals surface area contributed by atoms with Crippen LogP contribution < -0.4 is 4.74 Å². The Balaban J connectivity index is 2.11. The van der Waals surface area contributed by atoms with Crippen LogP contribution in [0.15, 0.2) is 42.5 Å². The number of benzene rings is 2. The van der Waals surface area contributed by atoms with Gasteiger partial charge in [-0.15, -0.1) is 0 Å². The molecule has 130 valence electrons. The van der Waals surface area contributed by atoms with Crippen LogP contribution in [0.25, 0.3) is 0 Å². The minimum Gasteiger partial charge on any atom is -0.508 e. The van der Waals surface area contributed by atoms with Gasteiger partial charge in [0.2, 0.25) is 0 Å². The minimum atomic E-state index is -0.127. The second-order valence-corrected chi connectivity index (χ2v) is 5.97. The third kappa shape index (κ3) is 4.63. The third-order valence-electron chi connectivity index (χ3n) is 4.31. The fourth-order valence-corrected chi connectivity index (χ4v) is 2.85. The number of hydrogen-bond acceptors (Lipinski definition) is 5. The Morgan fingerprint density at radius 3 is 1.92 bits per heavy atom. The van der Waals surface area contributed by atoms with Gasteiger partial charge in [-0.1, -0.05) is 18.2 Å². The number of aliphatic hydroxyl groups is 2. The molecule has 0 bridgehead atoms. The van der Waals surface area contributed by atoms with Gasteiger partial charge in [-0.25, -0.2) is 0 Å². The van der Waals surface area contributed by atoms with Crippen LogP contribution in [0.1, 0.15) is 11.1 Å². The van der Waals surface area contributed by atoms with Gasteiger partial charge < -0.3 is 25.2 Å². The van der Waals surface area contributed by atoms with Crippen molar-refractivity contribution >= 4 is 0 Å². The van der Waals surface area contributed by atoms with E-state index in [1.807, 2.05) is 12.1 Å². The highest BCUT2D eigenvalue weighted by molar-refractivity contribution is 5.41. The molecule has 2 unspecified atom stereocenters. The molecule has 0 heterocycles. The van der Waals surface area contributed by atoms with E-state index in [2.05, 4.69) is 0 Å². The van der Waals surface area contributed by atoms with E-state index in [9.17, 15) is 20.4 Å². The topological polar surface area (TPSA) is 90.2 Å². The Morgan fingerprint density at radius 2 is 1.38 bits per heavy atom. The maximum Gasteiger partial charge on any atom is 0.160 e. The Labute approximate surface area is 141 Å². The van der Waals surface area contributed by atoms with Crippen LogP contribution in [0.3, 0.4) is 0 Å². The lowest BCUT2D eigenvalue weighted by atomic mass is 9.83. The van der Waals surface area contributed by atoms with Gasteiger partial charge in [0.15, 0.2) is 11.5 Å². The lowest BCUT2D eigenvalue weighted by Crippen LogP contribution is -2.26. The van der Waals surface area contributed by atoms with E-state index < -0.39 is 0 Å². The van der Waals surface area contributed by atoms with Crippen molar-refractivity contribution in [2.75, 3.05) is 20.3 Å². The van der Waals surface area contributed by atoms with Gasteiger partial charge >= 0.3 is 0 Å². The van der Waals surface area contributed by atoms with Crippen LogP contribution in [-0.2, 0) is 12.8 Å². The molecule has 0 aliphatic rings. The zero-order valence-electron chi connectivity index (χ0n) is 13.7. The number of methoxy groups -OCH3 is 1. The average Bonchev–Trinajstić information content (AvgIpc) is 2.60. The van der Waals surface area contributed by atoms with E-state index in [0.717, 1.165) is 11.1 Å². The van der Waals surface area contributed by atoms with E-state index in [1.165, 1.54) is 7.11 Å². The summed E-state index contributed by atoms with van der Waals surface area (Å²) in [6, 6.07) is 12.0. The molecule has 5 heteroatoms. The van der Waals surface area contributed by atoms with Crippen molar-refractivity contribution in [1.29, 1.82) is 0 Å². The van der Waals surface area contributed by atoms with Crippen LogP contribution in [0.4, 0.5) is 0 Å². The van der Waals surface area contributed by atoms with Crippen LogP contribution in [0.5, 0.6) is 17.2 Å². The van der Waals surface area contributed by atoms with Crippen LogP contribution >= 0.6 is 0 Å². The molecule has 24 heavy (non-hydrogen) atoms. The summed E-state index contributed by atoms with van der Waals surface area (Å²) in [5.74, 6) is 0.430. The normalized spacial score (nSPS) is 13.5. The third-order valence-corrected chi connectivity index (χ3v) is 4.31. The first-order valence-electron chi connectivity index (χ1n) is 7.92. The van der Waals surface area contributed by atoms with Gasteiger partial charge in [0.1, 0.15) is 5.75 Å². The number of phenolic OH excluding ortho intramolecular Hbond substituents is 2. The molecule has 0 saturated carbocycles. The van der Waals surface area contributed by atoms with E-state index in [1.54, 1.807) is 30.3 Å².